The fourth-order valence-electron chi connectivity index (χ4n) is 10.5. The Labute approximate surface area is 415 Å². The lowest BCUT2D eigenvalue weighted by Crippen LogP contribution is -2.50. The van der Waals surface area contributed by atoms with Crippen molar-refractivity contribution in [2.24, 2.45) is 5.92 Å². The lowest BCUT2D eigenvalue weighted by Gasteiger charge is -2.36. The number of fused-ring (bicyclic) bond motifs is 4. The number of carboxylic acid groups (broad SMARTS) is 1. The fraction of sp³-hybridized carbons (Fsp3) is 0.500. The number of aliphatic hydroxyl groups is 1. The molecule has 0 spiro atoms. The Bertz CT molecular complexity index is 3060. The molecule has 10 rings (SSSR count). The van der Waals surface area contributed by atoms with E-state index < -0.39 is 41.5 Å². The fourth-order valence-corrected chi connectivity index (χ4v) is 10.5. The number of carbonyl (C=O) groups excluding carboxylic acids is 2. The number of carboxylic acids is 1. The van der Waals surface area contributed by atoms with E-state index in [1.54, 1.807) is 26.4 Å². The molecular weight excluding hydrogens is 928 g/mol. The number of likely N-dealkylation sites (tertiary alicyclic amines) is 2. The van der Waals surface area contributed by atoms with E-state index in [0.29, 0.717) is 63.6 Å². The van der Waals surface area contributed by atoms with Crippen LogP contribution in [-0.4, -0.2) is 142 Å². The van der Waals surface area contributed by atoms with E-state index in [2.05, 4.69) is 31.5 Å². The largest absolute Gasteiger partial charge is 0.486 e. The van der Waals surface area contributed by atoms with Crippen molar-refractivity contribution in [2.45, 2.75) is 129 Å². The van der Waals surface area contributed by atoms with Crippen molar-refractivity contribution < 1.29 is 47.9 Å². The summed E-state index contributed by atoms with van der Waals surface area (Å²) >= 11 is 0. The molecule has 3 aliphatic heterocycles. The van der Waals surface area contributed by atoms with Gasteiger partial charge in [-0.2, -0.15) is 15.1 Å². The first-order valence-electron chi connectivity index (χ1n) is 24.7. The molecule has 3 N–H and O–H groups in total. The SMILES string of the molecule is CO[C@@H](C)COc1nc(N2C[C@@H]3C[C@H]2CN3C(=O)OC(C)(C)C)c2cc(C3CC3)c(-c3c(C)c(F)cc4[nH]ncc34)c(OCc3ccc(-c4cn([C@H](C(=O)N5C[C@H](O)C[C@H]5C(=O)O)C(C)C)nn4)cc3)c2n1. The number of halogens is 1. The zero-order valence-corrected chi connectivity index (χ0v) is 41.8. The van der Waals surface area contributed by atoms with E-state index in [0.717, 1.165) is 41.2 Å². The molecular formula is C52H61FN10O9. The van der Waals surface area contributed by atoms with E-state index in [4.69, 9.17) is 28.9 Å². The number of hydrogen-bond acceptors (Lipinski definition) is 14. The molecule has 1 aliphatic carbocycles. The average Bonchev–Trinajstić information content (AvgIpc) is 3.81. The molecule has 4 fully saturated rings. The summed E-state index contributed by atoms with van der Waals surface area (Å²) in [6.45, 7) is 14.1. The molecule has 19 nitrogen and oxygen atoms in total. The highest BCUT2D eigenvalue weighted by Gasteiger charge is 2.48. The number of aliphatic carboxylic acids is 1. The van der Waals surface area contributed by atoms with Crippen molar-refractivity contribution in [2.75, 3.05) is 38.3 Å². The molecule has 2 bridgehead atoms. The highest BCUT2D eigenvalue weighted by atomic mass is 19.1. The van der Waals surface area contributed by atoms with Gasteiger partial charge in [-0.25, -0.2) is 18.7 Å². The molecule has 6 aromatic rings. The standard InChI is InChI=1S/C52H61FN10O9/c1-26(2)45(48(65)62-22-34(64)16-41(62)49(66)67)63-23-40(58-59-63)31-11-9-29(10-12-31)25-70-46-43(42-28(4)38(53)18-39-37(42)19-54-57-39)35(30-13-14-30)17-36-44(46)55-50(71-24-27(3)69-8)56-47(36)60-20-33-15-32(60)21-61(33)51(68)72-52(5,6)7/h9-12,17-19,23,26-27,30,32-34,41,45,64H,13-16,20-22,24-25H2,1-8H3,(H,54,57)(H,66,67)/t27-,32-,33-,34+,41-,45-/m0/s1. The van der Waals surface area contributed by atoms with Gasteiger partial charge in [-0.05, 0) is 94.5 Å². The van der Waals surface area contributed by atoms with Crippen LogP contribution in [0.4, 0.5) is 15.0 Å². The zero-order chi connectivity index (χ0) is 50.9. The number of aromatic amines is 1. The Balaban J connectivity index is 1.03. The number of aliphatic hydroxyl groups excluding tert-OH is 1. The molecule has 380 valence electrons. The second-order valence-electron chi connectivity index (χ2n) is 21.0. The van der Waals surface area contributed by atoms with Crippen molar-refractivity contribution in [3.8, 4) is 34.1 Å². The van der Waals surface area contributed by atoms with E-state index in [-0.39, 0.29) is 68.3 Å². The third-order valence-corrected chi connectivity index (χ3v) is 14.3. The van der Waals surface area contributed by atoms with Crippen molar-refractivity contribution in [3.05, 3.63) is 71.3 Å². The summed E-state index contributed by atoms with van der Waals surface area (Å²) in [5.74, 6) is -1.04. The third-order valence-electron chi connectivity index (χ3n) is 14.3. The van der Waals surface area contributed by atoms with Gasteiger partial charge in [0.15, 0.2) is 5.75 Å². The topological polar surface area (TPSA) is 223 Å². The highest BCUT2D eigenvalue weighted by Crippen LogP contribution is 2.54. The summed E-state index contributed by atoms with van der Waals surface area (Å²) in [6, 6.07) is 9.17. The quantitative estimate of drug-likeness (QED) is 0.0926. The van der Waals surface area contributed by atoms with Crippen LogP contribution in [0.3, 0.4) is 0 Å². The minimum Gasteiger partial charge on any atom is -0.486 e. The van der Waals surface area contributed by atoms with Gasteiger partial charge in [-0.15, -0.1) is 5.10 Å². The van der Waals surface area contributed by atoms with Gasteiger partial charge in [0.25, 0.3) is 0 Å². The van der Waals surface area contributed by atoms with Crippen molar-refractivity contribution in [1.82, 2.24) is 45.0 Å². The van der Waals surface area contributed by atoms with Gasteiger partial charge in [0.2, 0.25) is 5.91 Å². The number of ether oxygens (including phenoxy) is 4. The minimum atomic E-state index is -1.17. The molecule has 6 heterocycles. The number of amides is 2. The summed E-state index contributed by atoms with van der Waals surface area (Å²) in [6.07, 6.45) is 4.39. The number of anilines is 1. The van der Waals surface area contributed by atoms with Crippen LogP contribution < -0.4 is 14.4 Å². The monoisotopic (exact) mass is 988 g/mol. The van der Waals surface area contributed by atoms with Gasteiger partial charge in [-0.3, -0.25) is 9.89 Å². The maximum atomic E-state index is 16.1. The summed E-state index contributed by atoms with van der Waals surface area (Å²) < 4.78 is 42.3. The summed E-state index contributed by atoms with van der Waals surface area (Å²) in [5, 5.41) is 37.6. The van der Waals surface area contributed by atoms with Crippen LogP contribution in [0.15, 0.2) is 48.8 Å². The minimum absolute atomic E-state index is 0.0394. The molecule has 6 atom stereocenters. The number of nitrogens with zero attached hydrogens (tertiary/aromatic N) is 9. The van der Waals surface area contributed by atoms with Gasteiger partial charge in [-0.1, -0.05) is 43.3 Å². The smallest absolute Gasteiger partial charge is 0.410 e. The van der Waals surface area contributed by atoms with E-state index >= 15 is 4.39 Å². The van der Waals surface area contributed by atoms with Gasteiger partial charge in [0, 0.05) is 60.6 Å². The maximum absolute atomic E-state index is 16.1. The Morgan fingerprint density at radius 3 is 2.38 bits per heavy atom. The van der Waals surface area contributed by atoms with Crippen molar-refractivity contribution in [1.29, 1.82) is 0 Å². The second kappa shape index (κ2) is 18.9. The Hall–Kier alpha value is -6.93. The van der Waals surface area contributed by atoms with Gasteiger partial charge < -0.3 is 43.9 Å². The number of methoxy groups -OCH3 is 1. The molecule has 3 saturated heterocycles. The van der Waals surface area contributed by atoms with Gasteiger partial charge in [0.1, 0.15) is 53.7 Å². The predicted molar refractivity (Wildman–Crippen MR) is 263 cm³/mol. The molecule has 0 radical (unpaired) electrons. The number of H-pyrrole nitrogens is 1. The predicted octanol–water partition coefficient (Wildman–Crippen LogP) is 7.19. The number of carbonyl (C=O) groups is 3. The summed E-state index contributed by atoms with van der Waals surface area (Å²) in [4.78, 5) is 54.7. The Morgan fingerprint density at radius 1 is 0.944 bits per heavy atom. The normalized spacial score (nSPS) is 20.8. The summed E-state index contributed by atoms with van der Waals surface area (Å²) in [7, 11) is 1.61. The lowest BCUT2D eigenvalue weighted by atomic mass is 9.88. The Morgan fingerprint density at radius 2 is 1.71 bits per heavy atom. The van der Waals surface area contributed by atoms with E-state index in [1.807, 2.05) is 70.7 Å². The zero-order valence-electron chi connectivity index (χ0n) is 41.8. The Kier molecular flexibility index (Phi) is 12.8. The number of rotatable bonds is 15. The van der Waals surface area contributed by atoms with E-state index in [1.165, 1.54) is 15.6 Å². The number of piperazine rings is 1. The average molecular weight is 989 g/mol. The van der Waals surface area contributed by atoms with Crippen molar-refractivity contribution >= 4 is 45.6 Å². The first-order chi connectivity index (χ1) is 34.4. The second-order valence-corrected chi connectivity index (χ2v) is 21.0. The van der Waals surface area contributed by atoms with Crippen LogP contribution in [-0.2, 0) is 25.7 Å². The van der Waals surface area contributed by atoms with Gasteiger partial charge in [0.05, 0.1) is 42.2 Å². The molecule has 3 aromatic heterocycles. The number of nitrogens with one attached hydrogen (secondary N) is 1. The van der Waals surface area contributed by atoms with Crippen molar-refractivity contribution in [3.63, 3.8) is 0 Å². The molecule has 3 aromatic carbocycles. The molecule has 1 saturated carbocycles. The van der Waals surface area contributed by atoms with Crippen LogP contribution in [0.2, 0.25) is 0 Å². The van der Waals surface area contributed by atoms with Crippen LogP contribution in [0.5, 0.6) is 11.8 Å². The molecule has 0 unspecified atom stereocenters. The molecule has 2 amide bonds. The van der Waals surface area contributed by atoms with Crippen LogP contribution in [0, 0.1) is 18.7 Å². The number of benzene rings is 3. The number of β-amino-alcohol motifs (C(OH)–C–C–N with tert-alkyl or cyclic N) is 1. The van der Waals surface area contributed by atoms with Crippen LogP contribution in [0.25, 0.3) is 44.2 Å². The lowest BCUT2D eigenvalue weighted by molar-refractivity contribution is -0.150. The first kappa shape index (κ1) is 48.7. The molecule has 72 heavy (non-hydrogen) atoms. The summed E-state index contributed by atoms with van der Waals surface area (Å²) in [5.41, 5.74) is 5.19. The van der Waals surface area contributed by atoms with Crippen LogP contribution >= 0.6 is 0 Å². The van der Waals surface area contributed by atoms with Gasteiger partial charge >= 0.3 is 18.1 Å². The molecule has 4 aliphatic rings. The highest BCUT2D eigenvalue weighted by molar-refractivity contribution is 6.06. The third kappa shape index (κ3) is 9.25. The number of aromatic nitrogens is 7. The molecule has 20 heteroatoms. The first-order valence-corrected chi connectivity index (χ1v) is 24.7. The number of hydrogen-bond donors (Lipinski definition) is 3. The van der Waals surface area contributed by atoms with E-state index in [9.17, 15) is 24.6 Å². The maximum Gasteiger partial charge on any atom is 0.410 e. The van der Waals surface area contributed by atoms with Crippen LogP contribution in [0.1, 0.15) is 95.9 Å².